The quantitative estimate of drug-likeness (QED) is 0.576. The minimum Gasteiger partial charge on any atom is -0.497 e. The fourth-order valence-corrected chi connectivity index (χ4v) is 4.24. The minimum absolute atomic E-state index is 0.153. The summed E-state index contributed by atoms with van der Waals surface area (Å²) in [6.07, 6.45) is 4.73. The Morgan fingerprint density at radius 1 is 1.07 bits per heavy atom. The smallest absolute Gasteiger partial charge is 0.255 e. The van der Waals surface area contributed by atoms with E-state index in [2.05, 4.69) is 11.8 Å². The molecule has 2 aromatic carbocycles. The van der Waals surface area contributed by atoms with Gasteiger partial charge in [0.15, 0.2) is 0 Å². The zero-order valence-electron chi connectivity index (χ0n) is 17.0. The summed E-state index contributed by atoms with van der Waals surface area (Å²) in [5, 5.41) is 0.934. The van der Waals surface area contributed by atoms with Gasteiger partial charge in [-0.3, -0.25) is 4.79 Å². The molecule has 3 aromatic rings. The number of nitrogens with zero attached hydrogens (tertiary/aromatic N) is 2. The Bertz CT molecular complexity index is 1050. The second-order valence-corrected chi connectivity index (χ2v) is 8.32. The number of rotatable bonds is 6. The summed E-state index contributed by atoms with van der Waals surface area (Å²) in [5.41, 5.74) is 3.43. The summed E-state index contributed by atoms with van der Waals surface area (Å²) >= 11 is 0. The molecule has 2 saturated carbocycles. The van der Waals surface area contributed by atoms with Crippen molar-refractivity contribution < 1.29 is 9.53 Å². The lowest BCUT2D eigenvalue weighted by molar-refractivity contribution is 0.0656. The van der Waals surface area contributed by atoms with Gasteiger partial charge in [0.05, 0.1) is 23.9 Å². The molecule has 2 aliphatic rings. The van der Waals surface area contributed by atoms with Crippen molar-refractivity contribution in [2.45, 2.75) is 44.7 Å². The first-order valence-electron chi connectivity index (χ1n) is 10.5. The number of carbonyl (C=O) groups is 1. The third kappa shape index (κ3) is 3.48. The van der Waals surface area contributed by atoms with E-state index in [4.69, 9.17) is 9.72 Å². The Labute approximate surface area is 171 Å². The molecule has 1 aromatic heterocycles. The summed E-state index contributed by atoms with van der Waals surface area (Å²) in [7, 11) is 1.66. The van der Waals surface area contributed by atoms with Crippen molar-refractivity contribution in [1.82, 2.24) is 9.88 Å². The Morgan fingerprint density at radius 3 is 2.45 bits per heavy atom. The number of benzene rings is 2. The largest absolute Gasteiger partial charge is 0.497 e. The molecule has 1 heterocycles. The molecule has 1 unspecified atom stereocenters. The van der Waals surface area contributed by atoms with Gasteiger partial charge >= 0.3 is 0 Å². The van der Waals surface area contributed by atoms with Gasteiger partial charge in [0.1, 0.15) is 5.75 Å². The fraction of sp³-hybridized carbons (Fsp3) is 0.360. The molecule has 5 rings (SSSR count). The second kappa shape index (κ2) is 7.18. The first-order valence-corrected chi connectivity index (χ1v) is 10.5. The van der Waals surface area contributed by atoms with Gasteiger partial charge in [-0.2, -0.15) is 0 Å². The number of hydrogen-bond donors (Lipinski definition) is 0. The molecule has 0 spiro atoms. The highest BCUT2D eigenvalue weighted by atomic mass is 16.5. The number of hydrogen-bond acceptors (Lipinski definition) is 3. The number of aromatic nitrogens is 1. The van der Waals surface area contributed by atoms with Crippen LogP contribution in [0.5, 0.6) is 5.75 Å². The normalized spacial score (nSPS) is 17.2. The lowest BCUT2D eigenvalue weighted by Gasteiger charge is -2.30. The molecule has 29 heavy (non-hydrogen) atoms. The summed E-state index contributed by atoms with van der Waals surface area (Å²) in [5.74, 6) is 1.62. The monoisotopic (exact) mass is 386 g/mol. The van der Waals surface area contributed by atoms with Crippen molar-refractivity contribution in [3.8, 4) is 17.0 Å². The molecular formula is C25H26N2O2. The van der Waals surface area contributed by atoms with E-state index >= 15 is 0 Å². The van der Waals surface area contributed by atoms with Crippen LogP contribution in [-0.4, -0.2) is 35.0 Å². The van der Waals surface area contributed by atoms with E-state index in [1.165, 1.54) is 12.8 Å². The third-order valence-corrected chi connectivity index (χ3v) is 6.25. The molecular weight excluding hydrogens is 360 g/mol. The average Bonchev–Trinajstić information content (AvgIpc) is 3.66. The maximum Gasteiger partial charge on any atom is 0.255 e. The Balaban J connectivity index is 1.60. The van der Waals surface area contributed by atoms with Gasteiger partial charge in [0.25, 0.3) is 5.91 Å². The van der Waals surface area contributed by atoms with Crippen molar-refractivity contribution in [2.24, 2.45) is 5.92 Å². The van der Waals surface area contributed by atoms with E-state index in [1.54, 1.807) is 7.11 Å². The van der Waals surface area contributed by atoms with Gasteiger partial charge < -0.3 is 9.64 Å². The van der Waals surface area contributed by atoms with Crippen molar-refractivity contribution in [2.75, 3.05) is 7.11 Å². The van der Waals surface area contributed by atoms with E-state index in [1.807, 2.05) is 54.6 Å². The van der Waals surface area contributed by atoms with Crippen LogP contribution in [0.25, 0.3) is 22.2 Å². The lowest BCUT2D eigenvalue weighted by Crippen LogP contribution is -2.41. The number of carbonyl (C=O) groups excluding carboxylic acids is 1. The van der Waals surface area contributed by atoms with Crippen LogP contribution in [0.4, 0.5) is 0 Å². The number of amides is 1. The van der Waals surface area contributed by atoms with Gasteiger partial charge in [-0.1, -0.05) is 18.2 Å². The van der Waals surface area contributed by atoms with E-state index in [0.29, 0.717) is 18.0 Å². The first-order chi connectivity index (χ1) is 14.2. The molecule has 2 fully saturated rings. The van der Waals surface area contributed by atoms with Crippen molar-refractivity contribution in [3.05, 3.63) is 60.2 Å². The number of fused-ring (bicyclic) bond motifs is 1. The lowest BCUT2D eigenvalue weighted by atomic mass is 10.0. The maximum atomic E-state index is 13.8. The summed E-state index contributed by atoms with van der Waals surface area (Å²) in [4.78, 5) is 20.8. The van der Waals surface area contributed by atoms with Crippen LogP contribution >= 0.6 is 0 Å². The molecule has 0 N–H and O–H groups in total. The maximum absolute atomic E-state index is 13.8. The van der Waals surface area contributed by atoms with Gasteiger partial charge in [-0.05, 0) is 74.9 Å². The molecule has 148 valence electrons. The van der Waals surface area contributed by atoms with Crippen LogP contribution in [0, 0.1) is 5.92 Å². The van der Waals surface area contributed by atoms with Gasteiger partial charge in [-0.25, -0.2) is 4.98 Å². The number of ether oxygens (including phenoxy) is 1. The summed E-state index contributed by atoms with van der Waals surface area (Å²) in [6, 6.07) is 18.5. The molecule has 0 radical (unpaired) electrons. The Hall–Kier alpha value is -2.88. The molecule has 0 aliphatic heterocycles. The van der Waals surface area contributed by atoms with E-state index in [9.17, 15) is 4.79 Å². The molecule has 0 bridgehead atoms. The van der Waals surface area contributed by atoms with Gasteiger partial charge in [0, 0.05) is 23.0 Å². The SMILES string of the molecule is COc1ccc(-c2cc(C(=O)N(C3CC3)C(C)C3CC3)c3ccccc3n2)cc1. The predicted molar refractivity (Wildman–Crippen MR) is 115 cm³/mol. The molecule has 4 nitrogen and oxygen atoms in total. The Kier molecular flexibility index (Phi) is 4.50. The summed E-state index contributed by atoms with van der Waals surface area (Å²) in [6.45, 7) is 2.22. The van der Waals surface area contributed by atoms with E-state index in [0.717, 1.165) is 46.3 Å². The van der Waals surface area contributed by atoms with Crippen molar-refractivity contribution >= 4 is 16.8 Å². The minimum atomic E-state index is 0.153. The summed E-state index contributed by atoms with van der Waals surface area (Å²) < 4.78 is 5.28. The topological polar surface area (TPSA) is 42.4 Å². The zero-order valence-corrected chi connectivity index (χ0v) is 17.0. The molecule has 0 saturated heterocycles. The molecule has 1 atom stereocenters. The number of methoxy groups -OCH3 is 1. The average molecular weight is 386 g/mol. The number of para-hydroxylation sites is 1. The third-order valence-electron chi connectivity index (χ3n) is 6.25. The van der Waals surface area contributed by atoms with Crippen LogP contribution in [0.15, 0.2) is 54.6 Å². The van der Waals surface area contributed by atoms with Crippen LogP contribution in [0.3, 0.4) is 0 Å². The highest BCUT2D eigenvalue weighted by Gasteiger charge is 2.42. The highest BCUT2D eigenvalue weighted by Crippen LogP contribution is 2.41. The fourth-order valence-electron chi connectivity index (χ4n) is 4.24. The van der Waals surface area contributed by atoms with Gasteiger partial charge in [0.2, 0.25) is 0 Å². The predicted octanol–water partition coefficient (Wildman–Crippen LogP) is 5.31. The van der Waals surface area contributed by atoms with E-state index in [-0.39, 0.29) is 5.91 Å². The highest BCUT2D eigenvalue weighted by molar-refractivity contribution is 6.07. The van der Waals surface area contributed by atoms with Gasteiger partial charge in [-0.15, -0.1) is 0 Å². The Morgan fingerprint density at radius 2 is 1.79 bits per heavy atom. The van der Waals surface area contributed by atoms with Crippen LogP contribution in [0.2, 0.25) is 0 Å². The molecule has 4 heteroatoms. The second-order valence-electron chi connectivity index (χ2n) is 8.32. The first kappa shape index (κ1) is 18.2. The van der Waals surface area contributed by atoms with Crippen LogP contribution in [-0.2, 0) is 0 Å². The zero-order chi connectivity index (χ0) is 20.0. The van der Waals surface area contributed by atoms with Crippen molar-refractivity contribution in [1.29, 1.82) is 0 Å². The van der Waals surface area contributed by atoms with Crippen molar-refractivity contribution in [3.63, 3.8) is 0 Å². The van der Waals surface area contributed by atoms with Crippen LogP contribution in [0.1, 0.15) is 43.0 Å². The van der Waals surface area contributed by atoms with Crippen LogP contribution < -0.4 is 4.74 Å². The molecule has 2 aliphatic carbocycles. The molecule has 1 amide bonds. The van der Waals surface area contributed by atoms with E-state index < -0.39 is 0 Å². The standard InChI is InChI=1S/C25H26N2O2/c1-16(17-7-8-17)27(19-11-12-19)25(28)22-15-24(18-9-13-20(29-2)14-10-18)26-23-6-4-3-5-21(22)23/h3-6,9-10,13-17,19H,7-8,11-12H2,1-2H3. The number of pyridine rings is 1.